The number of carbonyl (C=O) groups is 2. The van der Waals surface area contributed by atoms with Gasteiger partial charge in [0.15, 0.2) is 18.0 Å². The number of hydrogen-bond acceptors (Lipinski definition) is 7. The number of carboxylic acids is 1. The number of phosphoric ester groups is 1. The van der Waals surface area contributed by atoms with Crippen LogP contribution < -0.4 is 88.3 Å². The number of nitrogens with zero attached hydrogens (tertiary/aromatic N) is 1. The first-order chi connectivity index (χ1) is 16.1. The molecule has 9 nitrogen and oxygen atoms in total. The van der Waals surface area contributed by atoms with Crippen LogP contribution in [0.15, 0.2) is 42.5 Å². The first-order valence-corrected chi connectivity index (χ1v) is 11.8. The normalized spacial score (nSPS) is 11.2. The van der Waals surface area contributed by atoms with Gasteiger partial charge in [0.1, 0.15) is 13.8 Å². The van der Waals surface area contributed by atoms with Crippen LogP contribution in [0, 0.1) is 13.8 Å². The number of para-hydroxylation sites is 3. The minimum atomic E-state index is -5.22. The number of nitrogens with one attached hydrogen (secondary N) is 1. The minimum Gasteiger partial charge on any atom is -0.780 e. The van der Waals surface area contributed by atoms with E-state index in [-0.39, 0.29) is 81.8 Å². The fraction of sp³-hybridized carbons (Fsp3) is 0.364. The van der Waals surface area contributed by atoms with E-state index in [9.17, 15) is 32.3 Å². The maximum Gasteiger partial charge on any atom is 1.00 e. The summed E-state index contributed by atoms with van der Waals surface area (Å²) in [4.78, 5) is 44.0. The van der Waals surface area contributed by atoms with Crippen LogP contribution in [-0.2, 0) is 14.2 Å². The average Bonchev–Trinajstić information content (AvgIpc) is 2.74. The number of halogens is 3. The van der Waals surface area contributed by atoms with Crippen LogP contribution in [0.1, 0.15) is 25.0 Å². The summed E-state index contributed by atoms with van der Waals surface area (Å²) in [5.41, 5.74) is 3.17. The number of alkyl halides is 3. The standard InChI is InChI=1S/C20H27N2O5P.C2HF3O2.2Na/c1-5-22(6-2,17-12-7-8-13-18(17)27-28(24,25)26)14-19(23)21-20-15(3)10-9-11-16(20)4;3-2(4,5)1(6)7;;/h7-13H,5-6,14H2,1-4H3,(H2-,21,23,24,25,26);(H,6,7);;/q;;2*+1/p-2. The molecule has 0 aliphatic carbocycles. The quantitative estimate of drug-likeness (QED) is 0.195. The van der Waals surface area contributed by atoms with Gasteiger partial charge in [0.25, 0.3) is 5.91 Å². The Balaban J connectivity index is 0. The number of benzene rings is 2. The van der Waals surface area contributed by atoms with Crippen molar-refractivity contribution in [3.63, 3.8) is 0 Å². The molecule has 0 saturated carbocycles. The Morgan fingerprint density at radius 2 is 1.43 bits per heavy atom. The number of carboxylic acid groups (broad SMARTS) is 1. The molecule has 0 aliphatic heterocycles. The number of hydrogen-bond donors (Lipinski definition) is 1. The van der Waals surface area contributed by atoms with E-state index >= 15 is 0 Å². The second kappa shape index (κ2) is 16.2. The summed E-state index contributed by atoms with van der Waals surface area (Å²) in [5, 5.41) is 11.8. The van der Waals surface area contributed by atoms with Crippen LogP contribution in [0.25, 0.3) is 0 Å². The molecule has 0 heterocycles. The molecule has 0 atom stereocenters. The van der Waals surface area contributed by atoms with Gasteiger partial charge < -0.3 is 34.1 Å². The summed E-state index contributed by atoms with van der Waals surface area (Å²) < 4.78 is 47.5. The Morgan fingerprint density at radius 1 is 0.973 bits per heavy atom. The number of quaternary nitrogens is 1. The summed E-state index contributed by atoms with van der Waals surface area (Å²) in [6.45, 7) is 8.75. The van der Waals surface area contributed by atoms with Gasteiger partial charge in [-0.3, -0.25) is 9.28 Å². The van der Waals surface area contributed by atoms with E-state index in [2.05, 4.69) is 9.84 Å². The smallest absolute Gasteiger partial charge is 0.780 e. The van der Waals surface area contributed by atoms with Gasteiger partial charge in [0.05, 0.1) is 13.1 Å². The molecule has 37 heavy (non-hydrogen) atoms. The zero-order chi connectivity index (χ0) is 27.0. The largest absolute Gasteiger partial charge is 1.00 e. The van der Waals surface area contributed by atoms with E-state index < -0.39 is 20.0 Å². The number of carbonyl (C=O) groups excluding carboxylic acids is 2. The van der Waals surface area contributed by atoms with Crippen molar-refractivity contribution in [2.75, 3.05) is 25.0 Å². The van der Waals surface area contributed by atoms with Crippen LogP contribution in [-0.4, -0.2) is 37.7 Å². The molecule has 0 aliphatic rings. The zero-order valence-corrected chi connectivity index (χ0v) is 26.4. The first-order valence-electron chi connectivity index (χ1n) is 10.4. The maximum atomic E-state index is 12.9. The van der Waals surface area contributed by atoms with Gasteiger partial charge in [-0.2, -0.15) is 13.2 Å². The third-order valence-corrected chi connectivity index (χ3v) is 5.64. The van der Waals surface area contributed by atoms with Gasteiger partial charge in [0, 0.05) is 11.8 Å². The van der Waals surface area contributed by atoms with Crippen molar-refractivity contribution in [3.05, 3.63) is 53.6 Å². The van der Waals surface area contributed by atoms with Crippen molar-refractivity contribution in [2.24, 2.45) is 0 Å². The molecule has 2 aromatic carbocycles. The average molecular weight is 564 g/mol. The molecular weight excluding hydrogens is 538 g/mol. The fourth-order valence-electron chi connectivity index (χ4n) is 3.39. The van der Waals surface area contributed by atoms with Gasteiger partial charge in [-0.05, 0) is 44.9 Å². The van der Waals surface area contributed by atoms with Gasteiger partial charge in [-0.25, -0.2) is 0 Å². The number of likely N-dealkylation sites (N-methyl/N-ethyl adjacent to an activating group) is 1. The van der Waals surface area contributed by atoms with E-state index in [1.807, 2.05) is 45.9 Å². The van der Waals surface area contributed by atoms with Crippen LogP contribution in [0.2, 0.25) is 0 Å². The molecule has 2 rings (SSSR count). The molecule has 0 radical (unpaired) electrons. The van der Waals surface area contributed by atoms with E-state index in [1.165, 1.54) is 6.07 Å². The number of anilines is 1. The maximum absolute atomic E-state index is 12.9. The molecule has 0 unspecified atom stereocenters. The predicted molar refractivity (Wildman–Crippen MR) is 118 cm³/mol. The number of rotatable bonds is 8. The van der Waals surface area contributed by atoms with Gasteiger partial charge >= 0.3 is 65.3 Å². The van der Waals surface area contributed by atoms with E-state index in [0.717, 1.165) is 16.8 Å². The molecule has 0 saturated heterocycles. The minimum absolute atomic E-state index is 0. The van der Waals surface area contributed by atoms with Crippen molar-refractivity contribution < 1.29 is 106 Å². The Bertz CT molecular complexity index is 1070. The molecule has 0 spiro atoms. The summed E-state index contributed by atoms with van der Waals surface area (Å²) in [7, 11) is -5.22. The molecule has 1 N–H and O–H groups in total. The van der Waals surface area contributed by atoms with Gasteiger partial charge in [-0.1, -0.05) is 30.3 Å². The molecule has 15 heteroatoms. The monoisotopic (exact) mass is 564 g/mol. The molecular formula is C22H26F3N2Na2O7P. The molecule has 0 aromatic heterocycles. The number of aryl methyl sites for hydroxylation is 2. The van der Waals surface area contributed by atoms with Crippen molar-refractivity contribution in [1.29, 1.82) is 0 Å². The Kier molecular flexibility index (Phi) is 16.8. The second-order valence-corrected chi connectivity index (χ2v) is 8.62. The molecule has 194 valence electrons. The number of phosphoric acid groups is 1. The SMILES string of the molecule is CC[N+](CC)(CC(=O)Nc1c(C)cccc1C)c1ccccc1OP(=O)([O-])[O-].O=C([O-])C(F)(F)F.[Na+].[Na+]. The third-order valence-electron chi connectivity index (χ3n) is 5.22. The van der Waals surface area contributed by atoms with Crippen LogP contribution in [0.3, 0.4) is 0 Å². The molecule has 2 aromatic rings. The number of amides is 1. The van der Waals surface area contributed by atoms with Crippen molar-refractivity contribution in [3.8, 4) is 5.75 Å². The van der Waals surface area contributed by atoms with Gasteiger partial charge in [-0.15, -0.1) is 0 Å². The summed E-state index contributed by atoms with van der Waals surface area (Å²) in [5.74, 6) is -3.25. The topological polar surface area (TPSA) is 142 Å². The van der Waals surface area contributed by atoms with Gasteiger partial charge in [0.2, 0.25) is 0 Å². The van der Waals surface area contributed by atoms with E-state index in [4.69, 9.17) is 9.90 Å². The first kappa shape index (κ1) is 38.2. The summed E-state index contributed by atoms with van der Waals surface area (Å²) >= 11 is 0. The van der Waals surface area contributed by atoms with Crippen molar-refractivity contribution in [2.45, 2.75) is 33.9 Å². The Hall–Kier alpha value is -0.920. The van der Waals surface area contributed by atoms with Crippen LogP contribution in [0.5, 0.6) is 5.75 Å². The van der Waals surface area contributed by atoms with Crippen LogP contribution >= 0.6 is 7.82 Å². The van der Waals surface area contributed by atoms with Crippen molar-refractivity contribution in [1.82, 2.24) is 4.48 Å². The predicted octanol–water partition coefficient (Wildman–Crippen LogP) is -4.20. The van der Waals surface area contributed by atoms with Crippen LogP contribution in [0.4, 0.5) is 24.5 Å². The van der Waals surface area contributed by atoms with E-state index in [1.54, 1.807) is 18.2 Å². The van der Waals surface area contributed by atoms with E-state index in [0.29, 0.717) is 18.8 Å². The summed E-state index contributed by atoms with van der Waals surface area (Å²) in [6, 6.07) is 12.2. The molecule has 0 bridgehead atoms. The third kappa shape index (κ3) is 12.2. The second-order valence-electron chi connectivity index (χ2n) is 7.54. The molecule has 1 amide bonds. The Labute approximate surface area is 257 Å². The summed E-state index contributed by atoms with van der Waals surface area (Å²) in [6.07, 6.45) is -5.19. The van der Waals surface area contributed by atoms with Crippen molar-refractivity contribution >= 4 is 31.1 Å². The molecule has 0 fully saturated rings. The fourth-order valence-corrected chi connectivity index (χ4v) is 3.78. The Morgan fingerprint density at radius 3 is 1.84 bits per heavy atom. The zero-order valence-electron chi connectivity index (χ0n) is 21.5. The number of aliphatic carboxylic acids is 1.